The summed E-state index contributed by atoms with van der Waals surface area (Å²) in [5.41, 5.74) is 1.48. The van der Waals surface area contributed by atoms with E-state index in [4.69, 9.17) is 4.42 Å². The molecule has 0 aliphatic carbocycles. The summed E-state index contributed by atoms with van der Waals surface area (Å²) >= 11 is 0. The first-order valence-electron chi connectivity index (χ1n) is 7.32. The van der Waals surface area contributed by atoms with Crippen LogP contribution in [0.5, 0.6) is 0 Å². The van der Waals surface area contributed by atoms with Gasteiger partial charge in [-0.25, -0.2) is 0 Å². The smallest absolute Gasteiger partial charge is 0.257 e. The number of nitrogens with zero attached hydrogens (tertiary/aromatic N) is 1. The van der Waals surface area contributed by atoms with Gasteiger partial charge in [-0.15, -0.1) is 0 Å². The Bertz CT molecular complexity index is 579. The van der Waals surface area contributed by atoms with Crippen LogP contribution in [0, 0.1) is 0 Å². The molecule has 2 aromatic rings. The highest BCUT2D eigenvalue weighted by molar-refractivity contribution is 5.94. The molecular formula is C17H19NO3. The van der Waals surface area contributed by atoms with Gasteiger partial charge in [0.25, 0.3) is 5.91 Å². The van der Waals surface area contributed by atoms with Gasteiger partial charge in [0.2, 0.25) is 0 Å². The molecule has 2 unspecified atom stereocenters. The summed E-state index contributed by atoms with van der Waals surface area (Å²) in [7, 11) is 0. The zero-order chi connectivity index (χ0) is 14.7. The van der Waals surface area contributed by atoms with Crippen molar-refractivity contribution < 1.29 is 14.3 Å². The number of hydrogen-bond acceptors (Lipinski definition) is 3. The molecule has 4 nitrogen and oxygen atoms in total. The van der Waals surface area contributed by atoms with Crippen molar-refractivity contribution in [2.45, 2.75) is 31.4 Å². The molecule has 1 aliphatic heterocycles. The number of likely N-dealkylation sites (tertiary alicyclic amines) is 1. The molecule has 2 atom stereocenters. The van der Waals surface area contributed by atoms with Crippen LogP contribution in [0.2, 0.25) is 0 Å². The van der Waals surface area contributed by atoms with Crippen LogP contribution in [0.4, 0.5) is 0 Å². The average Bonchev–Trinajstić information content (AvgIpc) is 3.19. The zero-order valence-corrected chi connectivity index (χ0v) is 11.8. The summed E-state index contributed by atoms with van der Waals surface area (Å²) in [6.07, 6.45) is 4.95. The van der Waals surface area contributed by atoms with Crippen LogP contribution in [-0.4, -0.2) is 28.5 Å². The molecule has 1 aromatic heterocycles. The molecule has 0 saturated carbocycles. The fraction of sp³-hybridized carbons (Fsp3) is 0.353. The van der Waals surface area contributed by atoms with Crippen LogP contribution >= 0.6 is 0 Å². The molecule has 1 saturated heterocycles. The maximum atomic E-state index is 12.4. The highest BCUT2D eigenvalue weighted by atomic mass is 16.3. The summed E-state index contributed by atoms with van der Waals surface area (Å²) < 4.78 is 4.98. The Hall–Kier alpha value is -2.07. The first-order valence-corrected chi connectivity index (χ1v) is 7.32. The van der Waals surface area contributed by atoms with Gasteiger partial charge in [-0.1, -0.05) is 30.3 Å². The average molecular weight is 285 g/mol. The highest BCUT2D eigenvalue weighted by Crippen LogP contribution is 2.28. The minimum atomic E-state index is -0.533. The Balaban J connectivity index is 1.68. The third-order valence-electron chi connectivity index (χ3n) is 4.09. The summed E-state index contributed by atoms with van der Waals surface area (Å²) in [6, 6.07) is 11.4. The van der Waals surface area contributed by atoms with Crippen molar-refractivity contribution in [2.75, 3.05) is 6.54 Å². The normalized spacial score (nSPS) is 19.7. The van der Waals surface area contributed by atoms with Gasteiger partial charge in [-0.3, -0.25) is 4.79 Å². The summed E-state index contributed by atoms with van der Waals surface area (Å²) in [5.74, 6) is -0.00786. The van der Waals surface area contributed by atoms with Crippen molar-refractivity contribution >= 4 is 5.91 Å². The van der Waals surface area contributed by atoms with Crippen LogP contribution in [0.3, 0.4) is 0 Å². The molecule has 2 heterocycles. The first-order chi connectivity index (χ1) is 10.3. The van der Waals surface area contributed by atoms with Gasteiger partial charge in [0.15, 0.2) is 0 Å². The lowest BCUT2D eigenvalue weighted by molar-refractivity contribution is 0.0666. The zero-order valence-electron chi connectivity index (χ0n) is 11.8. The molecule has 1 aromatic carbocycles. The van der Waals surface area contributed by atoms with E-state index in [1.54, 1.807) is 6.07 Å². The van der Waals surface area contributed by atoms with Crippen LogP contribution < -0.4 is 0 Å². The standard InChI is InChI=1S/C17H19NO3/c19-16(13-5-2-1-3-6-13)11-15-7-4-9-18(15)17(20)14-8-10-21-12-14/h1-3,5-6,8,10,12,15-16,19H,4,7,9,11H2. The monoisotopic (exact) mass is 285 g/mol. The van der Waals surface area contributed by atoms with Gasteiger partial charge >= 0.3 is 0 Å². The molecule has 1 aliphatic rings. The highest BCUT2D eigenvalue weighted by Gasteiger charge is 2.31. The molecule has 0 bridgehead atoms. The third-order valence-corrected chi connectivity index (χ3v) is 4.09. The van der Waals surface area contributed by atoms with E-state index in [-0.39, 0.29) is 11.9 Å². The molecule has 1 N–H and O–H groups in total. The van der Waals surface area contributed by atoms with E-state index in [0.29, 0.717) is 12.0 Å². The van der Waals surface area contributed by atoms with E-state index in [1.165, 1.54) is 12.5 Å². The summed E-state index contributed by atoms with van der Waals surface area (Å²) in [6.45, 7) is 0.746. The Kier molecular flexibility index (Phi) is 4.06. The molecule has 110 valence electrons. The quantitative estimate of drug-likeness (QED) is 0.939. The number of aliphatic hydroxyl groups is 1. The van der Waals surface area contributed by atoms with Crippen molar-refractivity contribution in [2.24, 2.45) is 0 Å². The molecule has 4 heteroatoms. The van der Waals surface area contributed by atoms with Crippen molar-refractivity contribution in [1.82, 2.24) is 4.90 Å². The molecule has 0 radical (unpaired) electrons. The van der Waals surface area contributed by atoms with Crippen molar-refractivity contribution in [3.63, 3.8) is 0 Å². The van der Waals surface area contributed by atoms with Gasteiger partial charge < -0.3 is 14.4 Å². The van der Waals surface area contributed by atoms with Gasteiger partial charge in [0.05, 0.1) is 17.9 Å². The van der Waals surface area contributed by atoms with Crippen molar-refractivity contribution in [1.29, 1.82) is 0 Å². The van der Waals surface area contributed by atoms with Gasteiger partial charge in [0, 0.05) is 12.6 Å². The van der Waals surface area contributed by atoms with E-state index >= 15 is 0 Å². The minimum absolute atomic E-state index is 0.00786. The van der Waals surface area contributed by atoms with Crippen LogP contribution in [0.25, 0.3) is 0 Å². The number of hydrogen-bond donors (Lipinski definition) is 1. The fourth-order valence-electron chi connectivity index (χ4n) is 2.97. The number of benzene rings is 1. The van der Waals surface area contributed by atoms with Crippen LogP contribution in [-0.2, 0) is 0 Å². The number of rotatable bonds is 4. The maximum absolute atomic E-state index is 12.4. The van der Waals surface area contributed by atoms with E-state index in [2.05, 4.69) is 0 Å². The Morgan fingerprint density at radius 1 is 1.33 bits per heavy atom. The largest absolute Gasteiger partial charge is 0.472 e. The second-order valence-corrected chi connectivity index (χ2v) is 5.47. The Morgan fingerprint density at radius 3 is 2.86 bits per heavy atom. The third kappa shape index (κ3) is 3.00. The molecule has 1 amide bonds. The predicted molar refractivity (Wildman–Crippen MR) is 78.8 cm³/mol. The fourth-order valence-corrected chi connectivity index (χ4v) is 2.97. The topological polar surface area (TPSA) is 53.7 Å². The van der Waals surface area contributed by atoms with Crippen LogP contribution in [0.1, 0.15) is 41.3 Å². The maximum Gasteiger partial charge on any atom is 0.257 e. The van der Waals surface area contributed by atoms with Crippen molar-refractivity contribution in [3.05, 3.63) is 60.1 Å². The van der Waals surface area contributed by atoms with Crippen molar-refractivity contribution in [3.8, 4) is 0 Å². The minimum Gasteiger partial charge on any atom is -0.472 e. The molecule has 1 fully saturated rings. The molecule has 21 heavy (non-hydrogen) atoms. The molecular weight excluding hydrogens is 266 g/mol. The lowest BCUT2D eigenvalue weighted by atomic mass is 10.0. The van der Waals surface area contributed by atoms with E-state index in [1.807, 2.05) is 35.2 Å². The van der Waals surface area contributed by atoms with E-state index < -0.39 is 6.10 Å². The summed E-state index contributed by atoms with van der Waals surface area (Å²) in [4.78, 5) is 14.3. The number of aliphatic hydroxyl groups excluding tert-OH is 1. The Morgan fingerprint density at radius 2 is 2.14 bits per heavy atom. The first kappa shape index (κ1) is 13.9. The molecule has 0 spiro atoms. The predicted octanol–water partition coefficient (Wildman–Crippen LogP) is 3.01. The number of carbonyl (C=O) groups excluding carboxylic acids is 1. The second kappa shape index (κ2) is 6.14. The second-order valence-electron chi connectivity index (χ2n) is 5.47. The van der Waals surface area contributed by atoms with Gasteiger partial charge in [-0.05, 0) is 30.9 Å². The van der Waals surface area contributed by atoms with Gasteiger partial charge in [0.1, 0.15) is 6.26 Å². The lowest BCUT2D eigenvalue weighted by Crippen LogP contribution is -2.36. The molecule has 3 rings (SSSR count). The van der Waals surface area contributed by atoms with E-state index in [0.717, 1.165) is 24.9 Å². The van der Waals surface area contributed by atoms with Crippen LogP contribution in [0.15, 0.2) is 53.3 Å². The SMILES string of the molecule is O=C(c1ccoc1)N1CCCC1CC(O)c1ccccc1. The van der Waals surface area contributed by atoms with Gasteiger partial charge in [-0.2, -0.15) is 0 Å². The number of carbonyl (C=O) groups is 1. The summed E-state index contributed by atoms with van der Waals surface area (Å²) in [5, 5.41) is 10.4. The number of amides is 1. The Labute approximate surface area is 124 Å². The number of furan rings is 1. The van der Waals surface area contributed by atoms with E-state index in [9.17, 15) is 9.90 Å². The lowest BCUT2D eigenvalue weighted by Gasteiger charge is -2.26.